The van der Waals surface area contributed by atoms with E-state index in [1.54, 1.807) is 30.6 Å². The molecule has 3 aromatic rings. The van der Waals surface area contributed by atoms with Gasteiger partial charge >= 0.3 is 5.97 Å². The van der Waals surface area contributed by atoms with Crippen molar-refractivity contribution < 1.29 is 9.90 Å². The molecule has 1 aromatic carbocycles. The molecule has 2 N–H and O–H groups in total. The minimum Gasteiger partial charge on any atom is -0.478 e. The molecule has 110 valence electrons. The second-order valence-corrected chi connectivity index (χ2v) is 4.76. The first kappa shape index (κ1) is 13.9. The third-order valence-corrected chi connectivity index (χ3v) is 3.35. The van der Waals surface area contributed by atoms with E-state index in [9.17, 15) is 9.90 Å². The Kier molecular flexibility index (Phi) is 3.91. The monoisotopic (exact) mass is 294 g/mol. The van der Waals surface area contributed by atoms with E-state index in [2.05, 4.69) is 20.3 Å². The lowest BCUT2D eigenvalue weighted by Crippen LogP contribution is -2.09. The van der Waals surface area contributed by atoms with Gasteiger partial charge in [0.25, 0.3) is 0 Å². The van der Waals surface area contributed by atoms with Crippen molar-refractivity contribution in [3.05, 3.63) is 60.2 Å². The zero-order valence-electron chi connectivity index (χ0n) is 11.7. The Bertz CT molecular complexity index is 800. The molecule has 2 aromatic heterocycles. The summed E-state index contributed by atoms with van der Waals surface area (Å²) in [7, 11) is 0. The number of aromatic nitrogens is 3. The number of carboxylic acids is 1. The van der Waals surface area contributed by atoms with Crippen LogP contribution in [-0.2, 0) is 6.42 Å². The van der Waals surface area contributed by atoms with E-state index in [4.69, 9.17) is 0 Å². The summed E-state index contributed by atoms with van der Waals surface area (Å²) in [5.74, 6) is -0.449. The second-order valence-electron chi connectivity index (χ2n) is 4.76. The predicted octanol–water partition coefficient (Wildman–Crippen LogP) is 2.38. The lowest BCUT2D eigenvalue weighted by molar-refractivity contribution is 0.0699. The van der Waals surface area contributed by atoms with Gasteiger partial charge < -0.3 is 10.4 Å². The molecular formula is C16H14N4O2. The standard InChI is InChI=1S/C16H14N4O2/c21-16(22)12-2-1-3-13-14(12)15(20-10-19-13)18-9-6-11-4-7-17-8-5-11/h1-5,7-8,10H,6,9H2,(H,21,22)(H,18,19,20). The summed E-state index contributed by atoms with van der Waals surface area (Å²) < 4.78 is 0. The van der Waals surface area contributed by atoms with Crippen LogP contribution in [0.25, 0.3) is 10.9 Å². The van der Waals surface area contributed by atoms with Crippen molar-refractivity contribution in [3.8, 4) is 0 Å². The van der Waals surface area contributed by atoms with Crippen LogP contribution in [0.1, 0.15) is 15.9 Å². The molecule has 0 amide bonds. The fourth-order valence-electron chi connectivity index (χ4n) is 2.30. The zero-order chi connectivity index (χ0) is 15.4. The molecule has 0 saturated carbocycles. The minimum atomic E-state index is -0.988. The quantitative estimate of drug-likeness (QED) is 0.751. The molecule has 0 unspecified atom stereocenters. The Balaban J connectivity index is 1.86. The molecule has 0 fully saturated rings. The van der Waals surface area contributed by atoms with Crippen LogP contribution in [0.3, 0.4) is 0 Å². The minimum absolute atomic E-state index is 0.199. The molecular weight excluding hydrogens is 280 g/mol. The Labute approximate surface area is 126 Å². The van der Waals surface area contributed by atoms with Crippen LogP contribution in [0.4, 0.5) is 5.82 Å². The molecule has 0 radical (unpaired) electrons. The molecule has 0 spiro atoms. The number of fused-ring (bicyclic) bond motifs is 1. The summed E-state index contributed by atoms with van der Waals surface area (Å²) in [5, 5.41) is 13.1. The number of carboxylic acid groups (broad SMARTS) is 1. The van der Waals surface area contributed by atoms with Gasteiger partial charge in [0.15, 0.2) is 0 Å². The van der Waals surface area contributed by atoms with E-state index in [-0.39, 0.29) is 5.56 Å². The number of carbonyl (C=O) groups is 1. The first-order valence-electron chi connectivity index (χ1n) is 6.85. The predicted molar refractivity (Wildman–Crippen MR) is 82.9 cm³/mol. The summed E-state index contributed by atoms with van der Waals surface area (Å²) in [5.41, 5.74) is 1.96. The average Bonchev–Trinajstić information content (AvgIpc) is 2.55. The highest BCUT2D eigenvalue weighted by molar-refractivity contribution is 6.06. The molecule has 0 saturated heterocycles. The van der Waals surface area contributed by atoms with Crippen LogP contribution in [0.2, 0.25) is 0 Å². The average molecular weight is 294 g/mol. The molecule has 0 aliphatic rings. The van der Waals surface area contributed by atoms with E-state index >= 15 is 0 Å². The van der Waals surface area contributed by atoms with Gasteiger partial charge in [0.05, 0.1) is 16.5 Å². The maximum Gasteiger partial charge on any atom is 0.336 e. The highest BCUT2D eigenvalue weighted by Crippen LogP contribution is 2.23. The van der Waals surface area contributed by atoms with E-state index in [0.29, 0.717) is 23.3 Å². The van der Waals surface area contributed by atoms with E-state index < -0.39 is 5.97 Å². The molecule has 6 heteroatoms. The number of rotatable bonds is 5. The third-order valence-electron chi connectivity index (χ3n) is 3.35. The SMILES string of the molecule is O=C(O)c1cccc2ncnc(NCCc3ccncc3)c12. The first-order valence-corrected chi connectivity index (χ1v) is 6.85. The van der Waals surface area contributed by atoms with Crippen LogP contribution in [0.15, 0.2) is 49.1 Å². The number of hydrogen-bond donors (Lipinski definition) is 2. The largest absolute Gasteiger partial charge is 0.478 e. The van der Waals surface area contributed by atoms with Crippen LogP contribution in [-0.4, -0.2) is 32.6 Å². The number of pyridine rings is 1. The van der Waals surface area contributed by atoms with Gasteiger partial charge in [-0.2, -0.15) is 0 Å². The first-order chi connectivity index (χ1) is 10.8. The van der Waals surface area contributed by atoms with Crippen molar-refractivity contribution in [1.29, 1.82) is 0 Å². The highest BCUT2D eigenvalue weighted by atomic mass is 16.4. The normalized spacial score (nSPS) is 10.5. The topological polar surface area (TPSA) is 88.0 Å². The van der Waals surface area contributed by atoms with Gasteiger partial charge in [0.1, 0.15) is 12.1 Å². The smallest absolute Gasteiger partial charge is 0.336 e. The van der Waals surface area contributed by atoms with Gasteiger partial charge in [0, 0.05) is 18.9 Å². The summed E-state index contributed by atoms with van der Waals surface area (Å²) in [6, 6.07) is 8.91. The van der Waals surface area contributed by atoms with Crippen LogP contribution in [0.5, 0.6) is 0 Å². The molecule has 3 rings (SSSR count). The number of benzene rings is 1. The molecule has 0 aliphatic carbocycles. The van der Waals surface area contributed by atoms with Crippen molar-refractivity contribution in [1.82, 2.24) is 15.0 Å². The Hall–Kier alpha value is -3.02. The summed E-state index contributed by atoms with van der Waals surface area (Å²) in [6.45, 7) is 0.643. The molecule has 0 aliphatic heterocycles. The molecule has 2 heterocycles. The van der Waals surface area contributed by atoms with Gasteiger partial charge in [-0.3, -0.25) is 4.98 Å². The highest BCUT2D eigenvalue weighted by Gasteiger charge is 2.13. The van der Waals surface area contributed by atoms with Gasteiger partial charge in [-0.25, -0.2) is 14.8 Å². The third kappa shape index (κ3) is 2.85. The van der Waals surface area contributed by atoms with Crippen LogP contribution >= 0.6 is 0 Å². The van der Waals surface area contributed by atoms with Crippen molar-refractivity contribution in [3.63, 3.8) is 0 Å². The lowest BCUT2D eigenvalue weighted by Gasteiger charge is -2.10. The number of hydrogen-bond acceptors (Lipinski definition) is 5. The van der Waals surface area contributed by atoms with Gasteiger partial charge in [-0.1, -0.05) is 6.07 Å². The summed E-state index contributed by atoms with van der Waals surface area (Å²) in [6.07, 6.45) is 5.72. The van der Waals surface area contributed by atoms with Crippen LogP contribution < -0.4 is 5.32 Å². The molecule has 0 bridgehead atoms. The molecule has 6 nitrogen and oxygen atoms in total. The fourth-order valence-corrected chi connectivity index (χ4v) is 2.30. The van der Waals surface area contributed by atoms with Crippen molar-refractivity contribution in [2.24, 2.45) is 0 Å². The maximum atomic E-state index is 11.4. The number of aromatic carboxylic acids is 1. The van der Waals surface area contributed by atoms with Gasteiger partial charge in [-0.05, 0) is 36.2 Å². The second kappa shape index (κ2) is 6.17. The van der Waals surface area contributed by atoms with Crippen molar-refractivity contribution in [2.45, 2.75) is 6.42 Å². The Morgan fingerprint density at radius 3 is 2.73 bits per heavy atom. The number of anilines is 1. The summed E-state index contributed by atoms with van der Waals surface area (Å²) in [4.78, 5) is 23.7. The van der Waals surface area contributed by atoms with Crippen molar-refractivity contribution in [2.75, 3.05) is 11.9 Å². The molecule has 0 atom stereocenters. The van der Waals surface area contributed by atoms with Crippen molar-refractivity contribution >= 4 is 22.7 Å². The number of nitrogens with zero attached hydrogens (tertiary/aromatic N) is 3. The fraction of sp³-hybridized carbons (Fsp3) is 0.125. The van der Waals surface area contributed by atoms with Crippen LogP contribution in [0, 0.1) is 0 Å². The van der Waals surface area contributed by atoms with E-state index in [0.717, 1.165) is 12.0 Å². The van der Waals surface area contributed by atoms with E-state index in [1.807, 2.05) is 12.1 Å². The van der Waals surface area contributed by atoms with Gasteiger partial charge in [0.2, 0.25) is 0 Å². The Morgan fingerprint density at radius 2 is 1.95 bits per heavy atom. The number of nitrogens with one attached hydrogen (secondary N) is 1. The maximum absolute atomic E-state index is 11.4. The summed E-state index contributed by atoms with van der Waals surface area (Å²) >= 11 is 0. The van der Waals surface area contributed by atoms with Gasteiger partial charge in [-0.15, -0.1) is 0 Å². The molecule has 22 heavy (non-hydrogen) atoms. The van der Waals surface area contributed by atoms with E-state index in [1.165, 1.54) is 6.33 Å². The lowest BCUT2D eigenvalue weighted by atomic mass is 10.1. The zero-order valence-corrected chi connectivity index (χ0v) is 11.7. The Morgan fingerprint density at radius 1 is 1.14 bits per heavy atom.